The number of carbonyl (C=O) groups is 2. The van der Waals surface area contributed by atoms with Gasteiger partial charge in [0.1, 0.15) is 11.9 Å². The van der Waals surface area contributed by atoms with Gasteiger partial charge in [-0.3, -0.25) is 9.59 Å². The number of hydrogen-bond acceptors (Lipinski definition) is 2. The third kappa shape index (κ3) is 5.80. The number of alkyl halides is 1. The molecule has 0 aliphatic heterocycles. The minimum absolute atomic E-state index is 0.123. The fourth-order valence-electron chi connectivity index (χ4n) is 0.803. The van der Waals surface area contributed by atoms with Gasteiger partial charge in [-0.2, -0.15) is 0 Å². The van der Waals surface area contributed by atoms with Gasteiger partial charge in [0.15, 0.2) is 0 Å². The number of halogens is 1. The molecule has 0 aromatic rings. The van der Waals surface area contributed by atoms with E-state index < -0.39 is 6.04 Å². The largest absolute Gasteiger partial charge is 0.354 e. The first-order valence-corrected chi connectivity index (χ1v) is 5.13. The van der Waals surface area contributed by atoms with Crippen molar-refractivity contribution in [2.45, 2.75) is 26.8 Å². The SMILES string of the molecule is CC(C)CNC(=O)C(C)NC(=O)CCl. The molecule has 1 atom stereocenters. The molecule has 0 heterocycles. The summed E-state index contributed by atoms with van der Waals surface area (Å²) in [5, 5.41) is 5.18. The van der Waals surface area contributed by atoms with Gasteiger partial charge in [-0.25, -0.2) is 0 Å². The maximum Gasteiger partial charge on any atom is 0.242 e. The summed E-state index contributed by atoms with van der Waals surface area (Å²) in [7, 11) is 0. The van der Waals surface area contributed by atoms with E-state index in [0.717, 1.165) is 0 Å². The maximum atomic E-state index is 11.3. The van der Waals surface area contributed by atoms with Gasteiger partial charge in [0.2, 0.25) is 11.8 Å². The molecule has 0 rings (SSSR count). The van der Waals surface area contributed by atoms with Crippen molar-refractivity contribution in [1.29, 1.82) is 0 Å². The van der Waals surface area contributed by atoms with E-state index in [0.29, 0.717) is 12.5 Å². The maximum absolute atomic E-state index is 11.3. The van der Waals surface area contributed by atoms with Gasteiger partial charge in [0.25, 0.3) is 0 Å². The zero-order valence-corrected chi connectivity index (χ0v) is 9.52. The molecule has 0 fully saturated rings. The normalized spacial score (nSPS) is 12.4. The molecular weight excluding hydrogens is 204 g/mol. The van der Waals surface area contributed by atoms with Crippen LogP contribution in [0.25, 0.3) is 0 Å². The van der Waals surface area contributed by atoms with Crippen LogP contribution in [-0.2, 0) is 9.59 Å². The van der Waals surface area contributed by atoms with Crippen LogP contribution in [0.15, 0.2) is 0 Å². The lowest BCUT2D eigenvalue weighted by Crippen LogP contribution is -2.46. The Morgan fingerprint density at radius 3 is 2.29 bits per heavy atom. The van der Waals surface area contributed by atoms with E-state index in [-0.39, 0.29) is 17.7 Å². The Balaban J connectivity index is 3.82. The molecule has 14 heavy (non-hydrogen) atoms. The van der Waals surface area contributed by atoms with Crippen LogP contribution < -0.4 is 10.6 Å². The third-order valence-electron chi connectivity index (χ3n) is 1.58. The second-order valence-corrected chi connectivity index (χ2v) is 3.83. The van der Waals surface area contributed by atoms with Crippen LogP contribution in [0, 0.1) is 5.92 Å². The summed E-state index contributed by atoms with van der Waals surface area (Å²) in [5.41, 5.74) is 0. The van der Waals surface area contributed by atoms with E-state index in [1.165, 1.54) is 0 Å². The Morgan fingerprint density at radius 1 is 1.29 bits per heavy atom. The van der Waals surface area contributed by atoms with E-state index in [2.05, 4.69) is 10.6 Å². The lowest BCUT2D eigenvalue weighted by atomic mass is 10.2. The van der Waals surface area contributed by atoms with Gasteiger partial charge in [-0.15, -0.1) is 11.6 Å². The quantitative estimate of drug-likeness (QED) is 0.663. The summed E-state index contributed by atoms with van der Waals surface area (Å²) < 4.78 is 0. The summed E-state index contributed by atoms with van der Waals surface area (Å²) in [6, 6.07) is -0.528. The average molecular weight is 221 g/mol. The summed E-state index contributed by atoms with van der Waals surface area (Å²) in [4.78, 5) is 22.2. The predicted molar refractivity (Wildman–Crippen MR) is 56.2 cm³/mol. The molecule has 0 spiro atoms. The molecule has 1 unspecified atom stereocenters. The van der Waals surface area contributed by atoms with E-state index in [1.54, 1.807) is 6.92 Å². The van der Waals surface area contributed by atoms with Crippen molar-refractivity contribution in [2.24, 2.45) is 5.92 Å². The van der Waals surface area contributed by atoms with Crippen molar-refractivity contribution in [1.82, 2.24) is 10.6 Å². The zero-order chi connectivity index (χ0) is 11.1. The highest BCUT2D eigenvalue weighted by atomic mass is 35.5. The van der Waals surface area contributed by atoms with E-state index >= 15 is 0 Å². The van der Waals surface area contributed by atoms with Crippen LogP contribution in [-0.4, -0.2) is 30.3 Å². The molecule has 2 amide bonds. The Kier molecular flexibility index (Phi) is 6.28. The van der Waals surface area contributed by atoms with E-state index in [9.17, 15) is 9.59 Å². The highest BCUT2D eigenvalue weighted by Gasteiger charge is 2.14. The fraction of sp³-hybridized carbons (Fsp3) is 0.778. The van der Waals surface area contributed by atoms with Crippen molar-refractivity contribution in [3.8, 4) is 0 Å². The molecular formula is C9H17ClN2O2. The number of rotatable bonds is 5. The lowest BCUT2D eigenvalue weighted by Gasteiger charge is -2.14. The van der Waals surface area contributed by atoms with Crippen molar-refractivity contribution in [2.75, 3.05) is 12.4 Å². The van der Waals surface area contributed by atoms with Crippen molar-refractivity contribution in [3.05, 3.63) is 0 Å². The van der Waals surface area contributed by atoms with Gasteiger partial charge in [-0.1, -0.05) is 13.8 Å². The molecule has 0 aromatic heterocycles. The molecule has 0 bridgehead atoms. The second kappa shape index (κ2) is 6.65. The Morgan fingerprint density at radius 2 is 1.86 bits per heavy atom. The lowest BCUT2D eigenvalue weighted by molar-refractivity contribution is -0.127. The molecule has 82 valence electrons. The Labute approximate surface area is 89.4 Å². The second-order valence-electron chi connectivity index (χ2n) is 3.56. The van der Waals surface area contributed by atoms with Gasteiger partial charge >= 0.3 is 0 Å². The average Bonchev–Trinajstić information content (AvgIpc) is 2.13. The molecule has 5 heteroatoms. The van der Waals surface area contributed by atoms with Crippen LogP contribution >= 0.6 is 11.6 Å². The minimum Gasteiger partial charge on any atom is -0.354 e. The number of nitrogens with one attached hydrogen (secondary N) is 2. The standard InChI is InChI=1S/C9H17ClN2O2/c1-6(2)5-11-9(14)7(3)12-8(13)4-10/h6-7H,4-5H2,1-3H3,(H,11,14)(H,12,13). The fourth-order valence-corrected chi connectivity index (χ4v) is 0.881. The number of carbonyl (C=O) groups excluding carboxylic acids is 2. The molecule has 4 nitrogen and oxygen atoms in total. The van der Waals surface area contributed by atoms with Crippen LogP contribution in [0.2, 0.25) is 0 Å². The highest BCUT2D eigenvalue weighted by molar-refractivity contribution is 6.27. The van der Waals surface area contributed by atoms with Crippen LogP contribution in [0.5, 0.6) is 0 Å². The number of hydrogen-bond donors (Lipinski definition) is 2. The summed E-state index contributed by atoms with van der Waals surface area (Å²) >= 11 is 5.28. The first kappa shape index (κ1) is 13.2. The highest BCUT2D eigenvalue weighted by Crippen LogP contribution is 1.89. The summed E-state index contributed by atoms with van der Waals surface area (Å²) in [6.45, 7) is 6.24. The number of amides is 2. The molecule has 0 aromatic carbocycles. The van der Waals surface area contributed by atoms with Crippen molar-refractivity contribution >= 4 is 23.4 Å². The monoisotopic (exact) mass is 220 g/mol. The van der Waals surface area contributed by atoms with Crippen LogP contribution in [0.1, 0.15) is 20.8 Å². The Hall–Kier alpha value is -0.770. The van der Waals surface area contributed by atoms with Crippen molar-refractivity contribution in [3.63, 3.8) is 0 Å². The van der Waals surface area contributed by atoms with Crippen LogP contribution in [0.3, 0.4) is 0 Å². The molecule has 2 N–H and O–H groups in total. The molecule has 0 aliphatic rings. The van der Waals surface area contributed by atoms with E-state index in [1.807, 2.05) is 13.8 Å². The minimum atomic E-state index is -0.528. The first-order valence-electron chi connectivity index (χ1n) is 4.60. The van der Waals surface area contributed by atoms with Crippen molar-refractivity contribution < 1.29 is 9.59 Å². The summed E-state index contributed by atoms with van der Waals surface area (Å²) in [5.74, 6) is -0.243. The van der Waals surface area contributed by atoms with Gasteiger partial charge in [0, 0.05) is 6.54 Å². The smallest absolute Gasteiger partial charge is 0.242 e. The first-order chi connectivity index (χ1) is 6.47. The topological polar surface area (TPSA) is 58.2 Å². The molecule has 0 aliphatic carbocycles. The van der Waals surface area contributed by atoms with Gasteiger partial charge in [0.05, 0.1) is 0 Å². The van der Waals surface area contributed by atoms with Crippen LogP contribution in [0.4, 0.5) is 0 Å². The molecule has 0 saturated carbocycles. The van der Waals surface area contributed by atoms with Gasteiger partial charge in [-0.05, 0) is 12.8 Å². The van der Waals surface area contributed by atoms with E-state index in [4.69, 9.17) is 11.6 Å². The summed E-state index contributed by atoms with van der Waals surface area (Å²) in [6.07, 6.45) is 0. The molecule has 0 saturated heterocycles. The third-order valence-corrected chi connectivity index (χ3v) is 1.82. The predicted octanol–water partition coefficient (Wildman–Crippen LogP) is 0.502. The zero-order valence-electron chi connectivity index (χ0n) is 8.76. The Bertz CT molecular complexity index is 207. The molecule has 0 radical (unpaired) electrons. The van der Waals surface area contributed by atoms with Gasteiger partial charge < -0.3 is 10.6 Å².